The third-order valence-electron chi connectivity index (χ3n) is 5.68. The van der Waals surface area contributed by atoms with Gasteiger partial charge >= 0.3 is 0 Å². The van der Waals surface area contributed by atoms with E-state index >= 15 is 0 Å². The molecule has 1 amide bonds. The van der Waals surface area contributed by atoms with Gasteiger partial charge in [-0.2, -0.15) is 0 Å². The van der Waals surface area contributed by atoms with Gasteiger partial charge in [0.2, 0.25) is 5.91 Å². The number of benzene rings is 2. The molecular weight excluding hydrogens is 418 g/mol. The molecule has 1 aliphatic heterocycles. The van der Waals surface area contributed by atoms with Crippen molar-refractivity contribution in [1.29, 1.82) is 0 Å². The smallest absolute Gasteiger partial charge is 0.278 e. The van der Waals surface area contributed by atoms with Crippen molar-refractivity contribution in [3.63, 3.8) is 0 Å². The molecular formula is C22H22ClN5O3. The van der Waals surface area contributed by atoms with Gasteiger partial charge in [0.1, 0.15) is 0 Å². The fourth-order valence-electron chi connectivity index (χ4n) is 3.91. The molecule has 1 atom stereocenters. The van der Waals surface area contributed by atoms with Crippen LogP contribution < -0.4 is 10.2 Å². The Balaban J connectivity index is 1.45. The lowest BCUT2D eigenvalue weighted by Crippen LogP contribution is -2.52. The average Bonchev–Trinajstić information content (AvgIpc) is 2.79. The Morgan fingerprint density at radius 1 is 1.13 bits per heavy atom. The van der Waals surface area contributed by atoms with Gasteiger partial charge in [-0.3, -0.25) is 24.8 Å². The van der Waals surface area contributed by atoms with E-state index in [0.29, 0.717) is 42.3 Å². The predicted octanol–water partition coefficient (Wildman–Crippen LogP) is 3.95. The molecule has 1 fully saturated rings. The maximum absolute atomic E-state index is 12.7. The number of piperazine rings is 1. The van der Waals surface area contributed by atoms with Crippen LogP contribution in [-0.4, -0.2) is 52.9 Å². The molecule has 8 nitrogen and oxygen atoms in total. The highest BCUT2D eigenvalue weighted by Crippen LogP contribution is 2.33. The Kier molecular flexibility index (Phi) is 6.01. The molecule has 9 heteroatoms. The van der Waals surface area contributed by atoms with Gasteiger partial charge in [0, 0.05) is 55.7 Å². The van der Waals surface area contributed by atoms with Crippen molar-refractivity contribution in [2.45, 2.75) is 13.0 Å². The standard InChI is InChI=1S/C22H22ClN5O3/c1-15(22(29)25-19-5-3-2-4-18(19)23)26-10-12-27(13-11-26)20-6-7-21(28(30)31)17-14-24-9-8-16(17)20/h2-9,14-15H,10-13H2,1H3,(H,25,29)/t15-/m0/s1. The van der Waals surface area contributed by atoms with Crippen molar-refractivity contribution in [3.05, 3.63) is 70.0 Å². The fraction of sp³-hybridized carbons (Fsp3) is 0.273. The summed E-state index contributed by atoms with van der Waals surface area (Å²) in [5, 5.41) is 16.1. The number of rotatable bonds is 5. The first-order valence-corrected chi connectivity index (χ1v) is 10.4. The monoisotopic (exact) mass is 439 g/mol. The maximum atomic E-state index is 12.7. The number of para-hydroxylation sites is 1. The SMILES string of the molecule is C[C@@H](C(=O)Nc1ccccc1Cl)N1CCN(c2ccc([N+](=O)[O-])c3cnccc23)CC1. The molecule has 4 rings (SSSR count). The summed E-state index contributed by atoms with van der Waals surface area (Å²) in [5.41, 5.74) is 1.59. The van der Waals surface area contributed by atoms with Gasteiger partial charge in [0.15, 0.2) is 0 Å². The zero-order chi connectivity index (χ0) is 22.0. The normalized spacial score (nSPS) is 15.6. The second-order valence-corrected chi connectivity index (χ2v) is 7.86. The topological polar surface area (TPSA) is 91.6 Å². The number of nitro groups is 1. The summed E-state index contributed by atoms with van der Waals surface area (Å²) in [7, 11) is 0. The number of pyridine rings is 1. The van der Waals surface area contributed by atoms with Crippen molar-refractivity contribution in [2.75, 3.05) is 36.4 Å². The quantitative estimate of drug-likeness (QED) is 0.478. The number of non-ortho nitro benzene ring substituents is 1. The summed E-state index contributed by atoms with van der Waals surface area (Å²) < 4.78 is 0. The molecule has 0 aliphatic carbocycles. The number of hydrogen-bond acceptors (Lipinski definition) is 6. The number of nitro benzene ring substituents is 1. The molecule has 1 aromatic heterocycles. The molecule has 160 valence electrons. The number of nitrogens with one attached hydrogen (secondary N) is 1. The molecule has 0 unspecified atom stereocenters. The number of hydrogen-bond donors (Lipinski definition) is 1. The van der Waals surface area contributed by atoms with Crippen LogP contribution in [0.15, 0.2) is 54.9 Å². The number of aromatic nitrogens is 1. The van der Waals surface area contributed by atoms with E-state index in [4.69, 9.17) is 11.6 Å². The number of amides is 1. The van der Waals surface area contributed by atoms with Crippen LogP contribution in [0, 0.1) is 10.1 Å². The fourth-order valence-corrected chi connectivity index (χ4v) is 4.09. The highest BCUT2D eigenvalue weighted by Gasteiger charge is 2.27. The molecule has 0 spiro atoms. The summed E-state index contributed by atoms with van der Waals surface area (Å²) in [6.07, 6.45) is 3.18. The lowest BCUT2D eigenvalue weighted by atomic mass is 10.1. The minimum Gasteiger partial charge on any atom is -0.368 e. The van der Waals surface area contributed by atoms with E-state index in [-0.39, 0.29) is 22.6 Å². The lowest BCUT2D eigenvalue weighted by Gasteiger charge is -2.38. The molecule has 1 saturated heterocycles. The van der Waals surface area contributed by atoms with Crippen molar-refractivity contribution in [1.82, 2.24) is 9.88 Å². The van der Waals surface area contributed by atoms with Gasteiger partial charge in [0.25, 0.3) is 5.69 Å². The van der Waals surface area contributed by atoms with Gasteiger partial charge in [-0.1, -0.05) is 23.7 Å². The van der Waals surface area contributed by atoms with E-state index in [9.17, 15) is 14.9 Å². The molecule has 0 bridgehead atoms. The van der Waals surface area contributed by atoms with Crippen LogP contribution in [0.25, 0.3) is 10.8 Å². The van der Waals surface area contributed by atoms with Crippen LogP contribution in [0.2, 0.25) is 5.02 Å². The summed E-state index contributed by atoms with van der Waals surface area (Å²) in [6, 6.07) is 12.0. The van der Waals surface area contributed by atoms with E-state index in [2.05, 4.69) is 20.1 Å². The molecule has 1 aliphatic rings. The predicted molar refractivity (Wildman–Crippen MR) is 122 cm³/mol. The minimum atomic E-state index is -0.384. The van der Waals surface area contributed by atoms with E-state index in [1.54, 1.807) is 24.4 Å². The Morgan fingerprint density at radius 3 is 2.58 bits per heavy atom. The van der Waals surface area contributed by atoms with Crippen LogP contribution >= 0.6 is 11.6 Å². The number of carbonyl (C=O) groups is 1. The van der Waals surface area contributed by atoms with Crippen molar-refractivity contribution in [2.24, 2.45) is 0 Å². The Morgan fingerprint density at radius 2 is 1.87 bits per heavy atom. The Hall–Kier alpha value is -3.23. The summed E-state index contributed by atoms with van der Waals surface area (Å²) >= 11 is 6.14. The van der Waals surface area contributed by atoms with Gasteiger partial charge < -0.3 is 10.2 Å². The number of anilines is 2. The Bertz CT molecular complexity index is 1130. The molecule has 2 aromatic carbocycles. The lowest BCUT2D eigenvalue weighted by molar-refractivity contribution is -0.383. The minimum absolute atomic E-state index is 0.0513. The highest BCUT2D eigenvalue weighted by molar-refractivity contribution is 6.33. The zero-order valence-corrected chi connectivity index (χ0v) is 17.7. The van der Waals surface area contributed by atoms with Crippen molar-refractivity contribution in [3.8, 4) is 0 Å². The van der Waals surface area contributed by atoms with E-state index < -0.39 is 0 Å². The molecule has 31 heavy (non-hydrogen) atoms. The van der Waals surface area contributed by atoms with Gasteiger partial charge in [-0.15, -0.1) is 0 Å². The average molecular weight is 440 g/mol. The second-order valence-electron chi connectivity index (χ2n) is 7.45. The molecule has 0 saturated carbocycles. The zero-order valence-electron chi connectivity index (χ0n) is 17.0. The second kappa shape index (κ2) is 8.87. The first-order valence-electron chi connectivity index (χ1n) is 10.0. The van der Waals surface area contributed by atoms with E-state index in [1.807, 2.05) is 25.1 Å². The largest absolute Gasteiger partial charge is 0.368 e. The number of nitrogens with zero attached hydrogens (tertiary/aromatic N) is 4. The van der Waals surface area contributed by atoms with Gasteiger partial charge in [-0.25, -0.2) is 0 Å². The van der Waals surface area contributed by atoms with Crippen molar-refractivity contribution < 1.29 is 9.72 Å². The van der Waals surface area contributed by atoms with Crippen molar-refractivity contribution >= 4 is 45.3 Å². The summed E-state index contributed by atoms with van der Waals surface area (Å²) in [6.45, 7) is 4.69. The summed E-state index contributed by atoms with van der Waals surface area (Å²) in [5.74, 6) is -0.103. The van der Waals surface area contributed by atoms with Crippen LogP contribution in [0.4, 0.5) is 17.1 Å². The third-order valence-corrected chi connectivity index (χ3v) is 6.01. The number of fused-ring (bicyclic) bond motifs is 1. The summed E-state index contributed by atoms with van der Waals surface area (Å²) in [4.78, 5) is 32.0. The van der Waals surface area contributed by atoms with Gasteiger partial charge in [-0.05, 0) is 31.2 Å². The van der Waals surface area contributed by atoms with E-state index in [0.717, 1.165) is 11.1 Å². The van der Waals surface area contributed by atoms with Crippen LogP contribution in [0.1, 0.15) is 6.92 Å². The van der Waals surface area contributed by atoms with Crippen LogP contribution in [0.3, 0.4) is 0 Å². The molecule has 1 N–H and O–H groups in total. The molecule has 3 aromatic rings. The number of carbonyl (C=O) groups excluding carboxylic acids is 1. The third kappa shape index (κ3) is 4.30. The van der Waals surface area contributed by atoms with E-state index in [1.165, 1.54) is 12.3 Å². The number of halogens is 1. The maximum Gasteiger partial charge on any atom is 0.278 e. The first kappa shape index (κ1) is 21.0. The van der Waals surface area contributed by atoms with Crippen LogP contribution in [0.5, 0.6) is 0 Å². The highest BCUT2D eigenvalue weighted by atomic mass is 35.5. The van der Waals surface area contributed by atoms with Gasteiger partial charge in [0.05, 0.1) is 27.1 Å². The first-order chi connectivity index (χ1) is 15.0. The molecule has 2 heterocycles. The Labute approximate surface area is 184 Å². The molecule has 0 radical (unpaired) electrons. The van der Waals surface area contributed by atoms with Crippen LogP contribution in [-0.2, 0) is 4.79 Å².